The normalized spacial score (nSPS) is 16.9. The second kappa shape index (κ2) is 5.44. The Morgan fingerprint density at radius 2 is 1.29 bits per heavy atom. The van der Waals surface area contributed by atoms with Gasteiger partial charge in [-0.2, -0.15) is 47.9 Å². The van der Waals surface area contributed by atoms with Crippen molar-refractivity contribution in [1.82, 2.24) is 0 Å². The van der Waals surface area contributed by atoms with E-state index in [0.717, 1.165) is 0 Å². The molecule has 0 fully saturated rings. The fourth-order valence-electron chi connectivity index (χ4n) is 1.02. The SMILES string of the molecule is O=S(=O)(O)C(F)(F)C(F)(F)C(F)(F)C(F)CCC(F)(F)F. The van der Waals surface area contributed by atoms with Crippen molar-refractivity contribution in [2.24, 2.45) is 0 Å². The molecular formula is C7H6F10O3S. The van der Waals surface area contributed by atoms with Gasteiger partial charge in [0.1, 0.15) is 0 Å². The topological polar surface area (TPSA) is 54.4 Å². The van der Waals surface area contributed by atoms with Crippen LogP contribution in [-0.4, -0.2) is 42.4 Å². The first-order valence-corrected chi connectivity index (χ1v) is 6.13. The van der Waals surface area contributed by atoms with Crippen LogP contribution in [0.3, 0.4) is 0 Å². The van der Waals surface area contributed by atoms with Crippen molar-refractivity contribution in [2.45, 2.75) is 42.3 Å². The Labute approximate surface area is 110 Å². The summed E-state index contributed by atoms with van der Waals surface area (Å²) in [6.07, 6.45) is -14.3. The quantitative estimate of drug-likeness (QED) is 0.583. The van der Waals surface area contributed by atoms with E-state index in [4.69, 9.17) is 4.55 Å². The summed E-state index contributed by atoms with van der Waals surface area (Å²) in [5, 5.41) is -6.80. The summed E-state index contributed by atoms with van der Waals surface area (Å²) in [7, 11) is -7.07. The summed E-state index contributed by atoms with van der Waals surface area (Å²) in [6.45, 7) is 0. The van der Waals surface area contributed by atoms with Gasteiger partial charge in [0.25, 0.3) is 0 Å². The summed E-state index contributed by atoms with van der Waals surface area (Å²) in [4.78, 5) is 0. The van der Waals surface area contributed by atoms with Gasteiger partial charge in [0.15, 0.2) is 6.17 Å². The zero-order valence-electron chi connectivity index (χ0n) is 9.44. The first-order valence-electron chi connectivity index (χ1n) is 4.69. The van der Waals surface area contributed by atoms with Gasteiger partial charge in [-0.3, -0.25) is 4.55 Å². The van der Waals surface area contributed by atoms with Crippen LogP contribution in [0, 0.1) is 0 Å². The van der Waals surface area contributed by atoms with E-state index in [1.165, 1.54) is 0 Å². The Kier molecular flexibility index (Phi) is 5.24. The Balaban J connectivity index is 5.48. The monoisotopic (exact) mass is 360 g/mol. The summed E-state index contributed by atoms with van der Waals surface area (Å²) in [6, 6.07) is 0. The maximum absolute atomic E-state index is 12.8. The van der Waals surface area contributed by atoms with E-state index < -0.39 is 52.4 Å². The zero-order valence-corrected chi connectivity index (χ0v) is 10.3. The molecule has 0 aromatic rings. The predicted octanol–water partition coefficient (Wildman–Crippen LogP) is 3.42. The largest absolute Gasteiger partial charge is 0.438 e. The number of alkyl halides is 10. The predicted molar refractivity (Wildman–Crippen MR) is 46.6 cm³/mol. The second-order valence-corrected chi connectivity index (χ2v) is 5.27. The van der Waals surface area contributed by atoms with Crippen molar-refractivity contribution in [3.8, 4) is 0 Å². The van der Waals surface area contributed by atoms with Crippen LogP contribution >= 0.6 is 0 Å². The molecule has 0 aliphatic carbocycles. The van der Waals surface area contributed by atoms with Crippen molar-refractivity contribution in [2.75, 3.05) is 0 Å². The average molecular weight is 360 g/mol. The van der Waals surface area contributed by atoms with E-state index in [0.29, 0.717) is 0 Å². The smallest absolute Gasteiger partial charge is 0.281 e. The van der Waals surface area contributed by atoms with E-state index in [1.54, 1.807) is 0 Å². The molecule has 0 aromatic heterocycles. The molecule has 0 aromatic carbocycles. The Morgan fingerprint density at radius 1 is 0.905 bits per heavy atom. The van der Waals surface area contributed by atoms with Crippen LogP contribution < -0.4 is 0 Å². The lowest BCUT2D eigenvalue weighted by Gasteiger charge is -2.32. The van der Waals surface area contributed by atoms with Gasteiger partial charge in [-0.25, -0.2) is 4.39 Å². The molecule has 0 radical (unpaired) electrons. The molecule has 1 N–H and O–H groups in total. The summed E-state index contributed by atoms with van der Waals surface area (Å²) >= 11 is 0. The number of rotatable bonds is 6. The molecule has 0 spiro atoms. The van der Waals surface area contributed by atoms with Gasteiger partial charge in [0, 0.05) is 6.42 Å². The molecule has 1 unspecified atom stereocenters. The Morgan fingerprint density at radius 3 is 1.57 bits per heavy atom. The molecule has 14 heteroatoms. The highest BCUT2D eigenvalue weighted by molar-refractivity contribution is 7.87. The summed E-state index contributed by atoms with van der Waals surface area (Å²) in [5.74, 6) is -13.4. The molecule has 21 heavy (non-hydrogen) atoms. The molecule has 0 aliphatic heterocycles. The molecule has 3 nitrogen and oxygen atoms in total. The lowest BCUT2D eigenvalue weighted by Crippen LogP contribution is -2.61. The third-order valence-electron chi connectivity index (χ3n) is 2.18. The highest BCUT2D eigenvalue weighted by atomic mass is 32.2. The molecule has 0 bridgehead atoms. The van der Waals surface area contributed by atoms with Crippen molar-refractivity contribution < 1.29 is 56.9 Å². The van der Waals surface area contributed by atoms with Gasteiger partial charge >= 0.3 is 33.4 Å². The highest BCUT2D eigenvalue weighted by Gasteiger charge is 2.79. The van der Waals surface area contributed by atoms with Crippen molar-refractivity contribution in [3.05, 3.63) is 0 Å². The summed E-state index contributed by atoms with van der Waals surface area (Å²) < 4.78 is 152. The minimum absolute atomic E-state index is 2.31. The van der Waals surface area contributed by atoms with Crippen LogP contribution in [0.1, 0.15) is 12.8 Å². The fourth-order valence-corrected chi connectivity index (χ4v) is 1.48. The maximum Gasteiger partial charge on any atom is 0.438 e. The van der Waals surface area contributed by atoms with Crippen LogP contribution in [0.4, 0.5) is 43.9 Å². The molecule has 0 aliphatic rings. The Hall–Kier alpha value is -0.790. The average Bonchev–Trinajstić information content (AvgIpc) is 2.22. The number of hydrogen-bond donors (Lipinski definition) is 1. The van der Waals surface area contributed by atoms with E-state index in [1.807, 2.05) is 0 Å². The Bertz CT molecular complexity index is 468. The minimum atomic E-state index is -7.07. The first-order chi connectivity index (χ1) is 8.88. The van der Waals surface area contributed by atoms with Crippen LogP contribution in [-0.2, 0) is 10.1 Å². The van der Waals surface area contributed by atoms with Crippen molar-refractivity contribution in [3.63, 3.8) is 0 Å². The second-order valence-electron chi connectivity index (χ2n) is 3.81. The molecule has 128 valence electrons. The van der Waals surface area contributed by atoms with Gasteiger partial charge in [-0.15, -0.1) is 0 Å². The lowest BCUT2D eigenvalue weighted by molar-refractivity contribution is -0.301. The van der Waals surface area contributed by atoms with Gasteiger partial charge in [0.05, 0.1) is 0 Å². The summed E-state index contributed by atoms with van der Waals surface area (Å²) in [5.41, 5.74) is 0. The minimum Gasteiger partial charge on any atom is -0.281 e. The van der Waals surface area contributed by atoms with Crippen molar-refractivity contribution in [1.29, 1.82) is 0 Å². The molecule has 0 saturated heterocycles. The van der Waals surface area contributed by atoms with Crippen LogP contribution in [0.5, 0.6) is 0 Å². The molecule has 0 amide bonds. The lowest BCUT2D eigenvalue weighted by atomic mass is 10.0. The number of hydrogen-bond acceptors (Lipinski definition) is 2. The van der Waals surface area contributed by atoms with Crippen LogP contribution in [0.25, 0.3) is 0 Å². The molecule has 0 heterocycles. The van der Waals surface area contributed by atoms with Crippen LogP contribution in [0.2, 0.25) is 0 Å². The van der Waals surface area contributed by atoms with E-state index in [2.05, 4.69) is 0 Å². The van der Waals surface area contributed by atoms with Gasteiger partial charge < -0.3 is 0 Å². The maximum atomic E-state index is 12.8. The molecular weight excluding hydrogens is 354 g/mol. The third kappa shape index (κ3) is 3.90. The molecule has 0 saturated carbocycles. The van der Waals surface area contributed by atoms with Gasteiger partial charge in [0.2, 0.25) is 0 Å². The van der Waals surface area contributed by atoms with Crippen LogP contribution in [0.15, 0.2) is 0 Å². The fraction of sp³-hybridized carbons (Fsp3) is 1.00. The standard InChI is InChI=1S/C7H6F10O3S/c8-3(1-2-4(9,10)11)5(12,13)6(14,15)7(16,17)21(18,19)20/h3H,1-2H2,(H,18,19,20). The number of halogens is 10. The van der Waals surface area contributed by atoms with E-state index >= 15 is 0 Å². The van der Waals surface area contributed by atoms with Crippen molar-refractivity contribution >= 4 is 10.1 Å². The van der Waals surface area contributed by atoms with Gasteiger partial charge in [-0.05, 0) is 6.42 Å². The molecule has 1 atom stereocenters. The van der Waals surface area contributed by atoms with E-state index in [9.17, 15) is 52.3 Å². The van der Waals surface area contributed by atoms with Gasteiger partial charge in [-0.1, -0.05) is 0 Å². The highest BCUT2D eigenvalue weighted by Crippen LogP contribution is 2.51. The molecule has 0 rings (SSSR count). The first kappa shape index (κ1) is 20.2. The third-order valence-corrected chi connectivity index (χ3v) is 3.09. The van der Waals surface area contributed by atoms with E-state index in [-0.39, 0.29) is 0 Å². The zero-order chi connectivity index (χ0) is 17.5.